The van der Waals surface area contributed by atoms with Gasteiger partial charge < -0.3 is 16.0 Å². The smallest absolute Gasteiger partial charge is 0.223 e. The molecular weight excluding hydrogens is 367 g/mol. The number of rotatable bonds is 7. The normalized spacial score (nSPS) is 24.5. The van der Waals surface area contributed by atoms with Gasteiger partial charge in [0, 0.05) is 37.9 Å². The van der Waals surface area contributed by atoms with E-state index in [0.29, 0.717) is 5.92 Å². The van der Waals surface area contributed by atoms with Crippen molar-refractivity contribution in [3.05, 3.63) is 17.8 Å². The largest absolute Gasteiger partial charge is 0.371 e. The van der Waals surface area contributed by atoms with Gasteiger partial charge in [-0.1, -0.05) is 13.8 Å². The maximum atomic E-state index is 12.4. The molecular formula is C22H38N4OP+. The van der Waals surface area contributed by atoms with Crippen LogP contribution in [0.15, 0.2) is 12.1 Å². The van der Waals surface area contributed by atoms with Crippen molar-refractivity contribution in [1.82, 2.24) is 10.3 Å². The molecule has 156 valence electrons. The first-order valence-electron chi connectivity index (χ1n) is 10.6. The van der Waals surface area contributed by atoms with Crippen LogP contribution in [0.5, 0.6) is 0 Å². The van der Waals surface area contributed by atoms with Crippen LogP contribution in [0.25, 0.3) is 0 Å². The van der Waals surface area contributed by atoms with Crippen LogP contribution in [0.4, 0.5) is 11.5 Å². The minimum absolute atomic E-state index is 0.144. The number of carbonyl (C=O) groups is 1. The van der Waals surface area contributed by atoms with Gasteiger partial charge in [0.1, 0.15) is 12.1 Å². The summed E-state index contributed by atoms with van der Waals surface area (Å²) < 4.78 is 0. The van der Waals surface area contributed by atoms with E-state index in [1.54, 1.807) is 0 Å². The summed E-state index contributed by atoms with van der Waals surface area (Å²) in [5, 5.41) is 10.2. The lowest BCUT2D eigenvalue weighted by atomic mass is 9.68. The van der Waals surface area contributed by atoms with Gasteiger partial charge in [-0.2, -0.15) is 0 Å². The molecule has 2 aliphatic rings. The molecule has 2 atom stereocenters. The molecule has 0 saturated heterocycles. The summed E-state index contributed by atoms with van der Waals surface area (Å²) in [4.78, 5) is 17.3. The van der Waals surface area contributed by atoms with Crippen LogP contribution < -0.4 is 16.0 Å². The Labute approximate surface area is 171 Å². The third kappa shape index (κ3) is 5.37. The summed E-state index contributed by atoms with van der Waals surface area (Å²) >= 11 is 0. The second-order valence-electron chi connectivity index (χ2n) is 10.3. The molecule has 0 bridgehead atoms. The first-order valence-corrected chi connectivity index (χ1v) is 13.9. The van der Waals surface area contributed by atoms with Crippen LogP contribution in [0.1, 0.15) is 57.6 Å². The highest BCUT2D eigenvalue weighted by molar-refractivity contribution is 7.73. The molecule has 28 heavy (non-hydrogen) atoms. The number of pyridine rings is 1. The van der Waals surface area contributed by atoms with E-state index in [-0.39, 0.29) is 23.3 Å². The van der Waals surface area contributed by atoms with Gasteiger partial charge in [0.05, 0.1) is 25.7 Å². The number of hydrogen-bond acceptors (Lipinski definition) is 4. The topological polar surface area (TPSA) is 66.0 Å². The second kappa shape index (κ2) is 8.18. The Hall–Kier alpha value is -1.35. The lowest BCUT2D eigenvalue weighted by Crippen LogP contribution is -2.48. The Bertz CT molecular complexity index is 709. The fourth-order valence-electron chi connectivity index (χ4n) is 3.96. The molecule has 2 fully saturated rings. The molecule has 1 amide bonds. The van der Waals surface area contributed by atoms with Crippen molar-refractivity contribution in [3.8, 4) is 0 Å². The summed E-state index contributed by atoms with van der Waals surface area (Å²) in [7, 11) is 1.04. The van der Waals surface area contributed by atoms with Crippen molar-refractivity contribution < 1.29 is 4.79 Å². The Kier molecular flexibility index (Phi) is 6.24. The molecule has 3 rings (SSSR count). The average molecular weight is 406 g/mol. The van der Waals surface area contributed by atoms with E-state index in [0.717, 1.165) is 55.6 Å². The van der Waals surface area contributed by atoms with E-state index in [4.69, 9.17) is 4.98 Å². The Morgan fingerprint density at radius 1 is 1.21 bits per heavy atom. The predicted molar refractivity (Wildman–Crippen MR) is 122 cm³/mol. The molecule has 1 heterocycles. The van der Waals surface area contributed by atoms with E-state index in [1.165, 1.54) is 0 Å². The molecule has 2 unspecified atom stereocenters. The summed E-state index contributed by atoms with van der Waals surface area (Å²) in [6, 6.07) is 4.57. The zero-order valence-corrected chi connectivity index (χ0v) is 19.3. The van der Waals surface area contributed by atoms with Crippen molar-refractivity contribution in [2.24, 2.45) is 11.3 Å². The van der Waals surface area contributed by atoms with Gasteiger partial charge in [0.2, 0.25) is 5.91 Å². The van der Waals surface area contributed by atoms with E-state index in [2.05, 4.69) is 61.9 Å². The Balaban J connectivity index is 1.72. The fraction of sp³-hybridized carbons (Fsp3) is 0.727. The molecule has 0 radical (unpaired) electrons. The van der Waals surface area contributed by atoms with Gasteiger partial charge in [-0.3, -0.25) is 4.79 Å². The number of nitrogens with zero attached hydrogens (tertiary/aromatic N) is 1. The SMILES string of the molecule is CNc1nc(C2CCC(C)(C)C(NC(=O)C3CC3)C2)ccc1NC[P+](C)(C)C. The Morgan fingerprint density at radius 3 is 2.54 bits per heavy atom. The lowest BCUT2D eigenvalue weighted by Gasteiger charge is -2.42. The van der Waals surface area contributed by atoms with Crippen LogP contribution in [0.2, 0.25) is 0 Å². The van der Waals surface area contributed by atoms with E-state index in [9.17, 15) is 4.79 Å². The predicted octanol–water partition coefficient (Wildman–Crippen LogP) is 4.59. The van der Waals surface area contributed by atoms with Crippen molar-refractivity contribution in [2.75, 3.05) is 44.0 Å². The fourth-order valence-corrected chi connectivity index (χ4v) is 4.60. The zero-order valence-electron chi connectivity index (χ0n) is 18.4. The average Bonchev–Trinajstić information content (AvgIpc) is 3.46. The first-order chi connectivity index (χ1) is 13.1. The van der Waals surface area contributed by atoms with Gasteiger partial charge in [-0.15, -0.1) is 0 Å². The van der Waals surface area contributed by atoms with Crippen molar-refractivity contribution in [1.29, 1.82) is 0 Å². The van der Waals surface area contributed by atoms with Gasteiger partial charge in [-0.25, -0.2) is 4.98 Å². The molecule has 3 N–H and O–H groups in total. The third-order valence-electron chi connectivity index (χ3n) is 6.18. The maximum absolute atomic E-state index is 12.4. The van der Waals surface area contributed by atoms with Crippen molar-refractivity contribution >= 4 is 24.7 Å². The van der Waals surface area contributed by atoms with Crippen molar-refractivity contribution in [2.45, 2.75) is 57.9 Å². The molecule has 0 aliphatic heterocycles. The molecule has 1 aromatic heterocycles. The minimum Gasteiger partial charge on any atom is -0.371 e. The second-order valence-corrected chi connectivity index (χ2v) is 15.2. The summed E-state index contributed by atoms with van der Waals surface area (Å²) in [5.41, 5.74) is 2.36. The van der Waals surface area contributed by atoms with E-state index >= 15 is 0 Å². The first kappa shape index (κ1) is 21.4. The molecule has 1 aromatic rings. The molecule has 0 aromatic carbocycles. The molecule has 2 saturated carbocycles. The minimum atomic E-state index is -0.896. The van der Waals surface area contributed by atoms with Crippen LogP contribution in [-0.2, 0) is 4.79 Å². The van der Waals surface area contributed by atoms with Crippen LogP contribution in [0.3, 0.4) is 0 Å². The van der Waals surface area contributed by atoms with Gasteiger partial charge in [0.15, 0.2) is 0 Å². The number of anilines is 2. The monoisotopic (exact) mass is 405 g/mol. The Morgan fingerprint density at radius 2 is 1.93 bits per heavy atom. The molecule has 6 heteroatoms. The van der Waals surface area contributed by atoms with Gasteiger partial charge >= 0.3 is 0 Å². The van der Waals surface area contributed by atoms with E-state index < -0.39 is 7.26 Å². The summed E-state index contributed by atoms with van der Waals surface area (Å²) in [6.07, 6.45) is 6.33. The van der Waals surface area contributed by atoms with Crippen LogP contribution in [-0.4, -0.2) is 50.3 Å². The molecule has 0 spiro atoms. The lowest BCUT2D eigenvalue weighted by molar-refractivity contribution is -0.124. The van der Waals surface area contributed by atoms with Gasteiger partial charge in [0.25, 0.3) is 0 Å². The van der Waals surface area contributed by atoms with Crippen LogP contribution >= 0.6 is 7.26 Å². The standard InChI is InChI=1S/C22H37N4OP/c1-22(2)12-11-16(13-19(22)26-21(27)15-7-8-15)17-9-10-18(20(23-3)25-17)24-14-28(4,5)6/h9-10,15-16,19,24H,7-8,11-14H2,1-6H3,(H-,23,25,26,27)/p+1. The third-order valence-corrected chi connectivity index (χ3v) is 7.29. The number of carbonyl (C=O) groups excluding carboxylic acids is 1. The maximum Gasteiger partial charge on any atom is 0.223 e. The number of nitrogens with one attached hydrogen (secondary N) is 3. The van der Waals surface area contributed by atoms with Gasteiger partial charge in [-0.05, 0) is 49.7 Å². The highest BCUT2D eigenvalue weighted by atomic mass is 31.2. The van der Waals surface area contributed by atoms with Crippen molar-refractivity contribution in [3.63, 3.8) is 0 Å². The number of amides is 1. The van der Waals surface area contributed by atoms with Crippen LogP contribution in [0, 0.1) is 11.3 Å². The molecule has 5 nitrogen and oxygen atoms in total. The number of aromatic nitrogens is 1. The highest BCUT2D eigenvalue weighted by Gasteiger charge is 2.40. The highest BCUT2D eigenvalue weighted by Crippen LogP contribution is 2.46. The number of hydrogen-bond donors (Lipinski definition) is 3. The molecule has 2 aliphatic carbocycles. The quantitative estimate of drug-likeness (QED) is 0.581. The summed E-state index contributed by atoms with van der Waals surface area (Å²) in [6.45, 7) is 11.6. The summed E-state index contributed by atoms with van der Waals surface area (Å²) in [5.74, 6) is 1.84. The zero-order chi connectivity index (χ0) is 20.5. The van der Waals surface area contributed by atoms with E-state index in [1.807, 2.05) is 7.05 Å².